The molecule has 0 aromatic heterocycles. The summed E-state index contributed by atoms with van der Waals surface area (Å²) in [6.45, 7) is 0.229. The molecule has 0 aliphatic carbocycles. The highest BCUT2D eigenvalue weighted by molar-refractivity contribution is 6.11. The minimum Gasteiger partial charge on any atom is -0.497 e. The Morgan fingerprint density at radius 3 is 2.50 bits per heavy atom. The number of hydrazone groups is 1. The predicted octanol–water partition coefficient (Wildman–Crippen LogP) is 4.27. The average molecular weight is 400 g/mol. The number of hydrogen-bond acceptors (Lipinski definition) is 5. The molecule has 0 bridgehead atoms. The number of benzene rings is 3. The van der Waals surface area contributed by atoms with Gasteiger partial charge in [-0.25, -0.2) is 5.43 Å². The first kappa shape index (κ1) is 19.3. The van der Waals surface area contributed by atoms with Gasteiger partial charge in [0.2, 0.25) is 6.79 Å². The zero-order valence-electron chi connectivity index (χ0n) is 16.4. The minimum atomic E-state index is -0.280. The van der Waals surface area contributed by atoms with E-state index in [0.29, 0.717) is 17.0 Å². The number of fused-ring (bicyclic) bond motifs is 1. The molecular formula is C24H20N2O4. The molecule has 0 radical (unpaired) electrons. The normalized spacial score (nSPS) is 12.8. The molecule has 0 unspecified atom stereocenters. The van der Waals surface area contributed by atoms with Crippen molar-refractivity contribution < 1.29 is 19.0 Å². The van der Waals surface area contributed by atoms with Crippen LogP contribution in [0.1, 0.15) is 21.5 Å². The van der Waals surface area contributed by atoms with Crippen molar-refractivity contribution in [3.8, 4) is 17.2 Å². The third-order valence-corrected chi connectivity index (χ3v) is 4.53. The summed E-state index contributed by atoms with van der Waals surface area (Å²) in [7, 11) is 1.61. The maximum absolute atomic E-state index is 12.4. The van der Waals surface area contributed by atoms with Gasteiger partial charge < -0.3 is 14.2 Å². The van der Waals surface area contributed by atoms with Crippen LogP contribution in [0.25, 0.3) is 6.08 Å². The van der Waals surface area contributed by atoms with Gasteiger partial charge in [0.1, 0.15) is 5.75 Å². The largest absolute Gasteiger partial charge is 0.497 e. The first-order valence-corrected chi connectivity index (χ1v) is 9.38. The van der Waals surface area contributed by atoms with Gasteiger partial charge in [0.25, 0.3) is 5.91 Å². The van der Waals surface area contributed by atoms with Crippen LogP contribution in [-0.4, -0.2) is 25.5 Å². The highest BCUT2D eigenvalue weighted by Crippen LogP contribution is 2.32. The highest BCUT2D eigenvalue weighted by Gasteiger charge is 2.12. The molecule has 0 spiro atoms. The lowest BCUT2D eigenvalue weighted by atomic mass is 10.1. The van der Waals surface area contributed by atoms with Crippen LogP contribution in [0.4, 0.5) is 0 Å². The molecule has 3 aromatic carbocycles. The smallest absolute Gasteiger partial charge is 0.271 e. The minimum absolute atomic E-state index is 0.229. The Labute approximate surface area is 174 Å². The van der Waals surface area contributed by atoms with Crippen LogP contribution in [0.3, 0.4) is 0 Å². The Morgan fingerprint density at radius 1 is 0.967 bits per heavy atom. The molecular weight excluding hydrogens is 380 g/mol. The fourth-order valence-electron chi connectivity index (χ4n) is 2.92. The molecule has 1 N–H and O–H groups in total. The van der Waals surface area contributed by atoms with Crippen LogP contribution >= 0.6 is 0 Å². The second-order valence-electron chi connectivity index (χ2n) is 6.48. The maximum Gasteiger partial charge on any atom is 0.271 e. The fourth-order valence-corrected chi connectivity index (χ4v) is 2.92. The molecule has 0 atom stereocenters. The van der Waals surface area contributed by atoms with E-state index in [1.165, 1.54) is 0 Å². The van der Waals surface area contributed by atoms with Crippen molar-refractivity contribution in [2.75, 3.05) is 13.9 Å². The van der Waals surface area contributed by atoms with Gasteiger partial charge in [-0.1, -0.05) is 30.3 Å². The number of amides is 1. The molecule has 1 amide bonds. The van der Waals surface area contributed by atoms with E-state index in [1.54, 1.807) is 19.2 Å². The lowest BCUT2D eigenvalue weighted by Crippen LogP contribution is -2.19. The molecule has 0 fully saturated rings. The SMILES string of the molecule is COc1ccc(C(/C=C/c2ccc3c(c2)OCO3)=N/NC(=O)c2ccccc2)cc1. The van der Waals surface area contributed by atoms with Gasteiger partial charge >= 0.3 is 0 Å². The van der Waals surface area contributed by atoms with Crippen molar-refractivity contribution in [1.82, 2.24) is 5.43 Å². The highest BCUT2D eigenvalue weighted by atomic mass is 16.7. The number of allylic oxidation sites excluding steroid dienone is 1. The number of nitrogens with zero attached hydrogens (tertiary/aromatic N) is 1. The number of methoxy groups -OCH3 is 1. The Morgan fingerprint density at radius 2 is 1.73 bits per heavy atom. The van der Waals surface area contributed by atoms with E-state index >= 15 is 0 Å². The van der Waals surface area contributed by atoms with E-state index in [9.17, 15) is 4.79 Å². The van der Waals surface area contributed by atoms with Gasteiger partial charge in [0, 0.05) is 11.1 Å². The quantitative estimate of drug-likeness (QED) is 0.496. The van der Waals surface area contributed by atoms with Gasteiger partial charge in [-0.3, -0.25) is 4.79 Å². The van der Waals surface area contributed by atoms with Gasteiger partial charge in [0.05, 0.1) is 12.8 Å². The Hall–Kier alpha value is -4.06. The van der Waals surface area contributed by atoms with Gasteiger partial charge in [0.15, 0.2) is 11.5 Å². The number of hydrogen-bond donors (Lipinski definition) is 1. The summed E-state index contributed by atoms with van der Waals surface area (Å²) in [6.07, 6.45) is 3.74. The van der Waals surface area contributed by atoms with Crippen LogP contribution in [0.2, 0.25) is 0 Å². The zero-order valence-corrected chi connectivity index (χ0v) is 16.4. The Bertz CT molecular complexity index is 1090. The zero-order chi connectivity index (χ0) is 20.8. The lowest BCUT2D eigenvalue weighted by molar-refractivity contribution is 0.0955. The molecule has 0 saturated heterocycles. The summed E-state index contributed by atoms with van der Waals surface area (Å²) in [5.74, 6) is 1.90. The second kappa shape index (κ2) is 8.96. The van der Waals surface area contributed by atoms with Gasteiger partial charge in [-0.15, -0.1) is 0 Å². The average Bonchev–Trinajstić information content (AvgIpc) is 3.27. The monoisotopic (exact) mass is 400 g/mol. The summed E-state index contributed by atoms with van der Waals surface area (Å²) >= 11 is 0. The standard InChI is InChI=1S/C24H20N2O4/c1-28-20-11-9-18(10-12-20)21(25-26-24(27)19-5-3-2-4-6-19)13-7-17-8-14-22-23(15-17)30-16-29-22/h2-15H,16H2,1H3,(H,26,27)/b13-7+,25-21+. The fraction of sp³-hybridized carbons (Fsp3) is 0.0833. The molecule has 1 aliphatic rings. The van der Waals surface area contributed by atoms with Crippen LogP contribution in [0.15, 0.2) is 84.0 Å². The lowest BCUT2D eigenvalue weighted by Gasteiger charge is -2.06. The number of carbonyl (C=O) groups is 1. The topological polar surface area (TPSA) is 69.2 Å². The summed E-state index contributed by atoms with van der Waals surface area (Å²) in [5, 5.41) is 4.35. The molecule has 6 nitrogen and oxygen atoms in total. The number of carbonyl (C=O) groups excluding carboxylic acids is 1. The molecule has 30 heavy (non-hydrogen) atoms. The summed E-state index contributed by atoms with van der Waals surface area (Å²) in [5.41, 5.74) is 5.52. The van der Waals surface area contributed by atoms with E-state index in [4.69, 9.17) is 14.2 Å². The third kappa shape index (κ3) is 4.50. The molecule has 6 heteroatoms. The summed E-state index contributed by atoms with van der Waals surface area (Å²) in [6, 6.07) is 22.1. The van der Waals surface area contributed by atoms with E-state index < -0.39 is 0 Å². The van der Waals surface area contributed by atoms with Crippen molar-refractivity contribution in [3.63, 3.8) is 0 Å². The van der Waals surface area contributed by atoms with E-state index in [1.807, 2.05) is 72.8 Å². The summed E-state index contributed by atoms with van der Waals surface area (Å²) < 4.78 is 16.0. The number of ether oxygens (including phenoxy) is 3. The maximum atomic E-state index is 12.4. The van der Waals surface area contributed by atoms with Crippen molar-refractivity contribution in [2.45, 2.75) is 0 Å². The van der Waals surface area contributed by atoms with Crippen molar-refractivity contribution in [3.05, 3.63) is 95.6 Å². The Balaban J connectivity index is 1.60. The first-order chi connectivity index (χ1) is 14.7. The molecule has 150 valence electrons. The third-order valence-electron chi connectivity index (χ3n) is 4.53. The van der Waals surface area contributed by atoms with Crippen LogP contribution in [0, 0.1) is 0 Å². The number of nitrogens with one attached hydrogen (secondary N) is 1. The predicted molar refractivity (Wildman–Crippen MR) is 115 cm³/mol. The number of rotatable bonds is 6. The van der Waals surface area contributed by atoms with E-state index in [-0.39, 0.29) is 12.7 Å². The van der Waals surface area contributed by atoms with Gasteiger partial charge in [-0.05, 0) is 60.2 Å². The van der Waals surface area contributed by atoms with Gasteiger partial charge in [-0.2, -0.15) is 5.10 Å². The van der Waals surface area contributed by atoms with E-state index in [0.717, 1.165) is 22.6 Å². The molecule has 4 rings (SSSR count). The molecule has 1 aliphatic heterocycles. The van der Waals surface area contributed by atoms with Crippen LogP contribution < -0.4 is 19.6 Å². The molecule has 0 saturated carbocycles. The molecule has 3 aromatic rings. The van der Waals surface area contributed by atoms with Crippen molar-refractivity contribution in [2.24, 2.45) is 5.10 Å². The summed E-state index contributed by atoms with van der Waals surface area (Å²) in [4.78, 5) is 12.4. The first-order valence-electron chi connectivity index (χ1n) is 9.38. The van der Waals surface area contributed by atoms with Crippen molar-refractivity contribution >= 4 is 17.7 Å². The van der Waals surface area contributed by atoms with Crippen LogP contribution in [0.5, 0.6) is 17.2 Å². The van der Waals surface area contributed by atoms with Crippen LogP contribution in [-0.2, 0) is 0 Å². The second-order valence-corrected chi connectivity index (χ2v) is 6.48. The van der Waals surface area contributed by atoms with E-state index in [2.05, 4.69) is 10.5 Å². The molecule has 1 heterocycles. The van der Waals surface area contributed by atoms with Crippen molar-refractivity contribution in [1.29, 1.82) is 0 Å². The Kier molecular flexibility index (Phi) is 5.75.